The van der Waals surface area contributed by atoms with Crippen LogP contribution in [0.2, 0.25) is 0 Å². The van der Waals surface area contributed by atoms with Gasteiger partial charge in [0.05, 0.1) is 18.6 Å². The molecule has 1 aliphatic heterocycles. The minimum Gasteiger partial charge on any atom is -0.494 e. The fourth-order valence-corrected chi connectivity index (χ4v) is 4.65. The summed E-state index contributed by atoms with van der Waals surface area (Å²) in [4.78, 5) is 7.47. The van der Waals surface area contributed by atoms with Gasteiger partial charge in [0.15, 0.2) is 0 Å². The van der Waals surface area contributed by atoms with E-state index in [1.165, 1.54) is 11.1 Å². The lowest BCUT2D eigenvalue weighted by Crippen LogP contribution is -2.49. The minimum atomic E-state index is -1.20. The molecule has 0 spiro atoms. The quantitative estimate of drug-likeness (QED) is 0.485. The number of aliphatic imine (C=N–C) groups is 1. The van der Waals surface area contributed by atoms with Gasteiger partial charge in [0.25, 0.3) is 6.02 Å². The summed E-state index contributed by atoms with van der Waals surface area (Å²) in [5.74, 6) is 0.792. The normalized spacial score (nSPS) is 16.1. The van der Waals surface area contributed by atoms with E-state index in [0.29, 0.717) is 45.2 Å². The van der Waals surface area contributed by atoms with Crippen LogP contribution in [-0.2, 0) is 22.1 Å². The van der Waals surface area contributed by atoms with E-state index in [9.17, 15) is 4.21 Å². The molecule has 31 heavy (non-hydrogen) atoms. The van der Waals surface area contributed by atoms with E-state index in [4.69, 9.17) is 9.47 Å². The lowest BCUT2D eigenvalue weighted by atomic mass is 10.1. The molecule has 3 rings (SSSR count). The molecule has 7 heteroatoms. The predicted molar refractivity (Wildman–Crippen MR) is 126 cm³/mol. The molecule has 1 heterocycles. The molecule has 0 aromatic heterocycles. The van der Waals surface area contributed by atoms with E-state index >= 15 is 0 Å². The highest BCUT2D eigenvalue weighted by atomic mass is 32.2. The van der Waals surface area contributed by atoms with Crippen LogP contribution in [-0.4, -0.2) is 59.3 Å². The molecule has 1 unspecified atom stereocenters. The van der Waals surface area contributed by atoms with Crippen LogP contribution >= 0.6 is 0 Å². The van der Waals surface area contributed by atoms with Gasteiger partial charge < -0.3 is 14.4 Å². The molecule has 0 saturated carbocycles. The Morgan fingerprint density at radius 2 is 1.84 bits per heavy atom. The molecule has 0 aliphatic carbocycles. The number of ether oxygens (including phenoxy) is 2. The summed E-state index contributed by atoms with van der Waals surface area (Å²) in [7, 11) is 0.429. The van der Waals surface area contributed by atoms with Crippen molar-refractivity contribution >= 4 is 17.0 Å². The fraction of sp³-hybridized carbons (Fsp3) is 0.375. The Kier molecular flexibility index (Phi) is 8.26. The number of hydrogen-bond donors (Lipinski definition) is 0. The van der Waals surface area contributed by atoms with Crippen molar-refractivity contribution in [2.24, 2.45) is 4.99 Å². The number of methoxy groups -OCH3 is 1. The Labute approximate surface area is 187 Å². The predicted octanol–water partition coefficient (Wildman–Crippen LogP) is 3.79. The summed E-state index contributed by atoms with van der Waals surface area (Å²) < 4.78 is 25.9. The van der Waals surface area contributed by atoms with Gasteiger partial charge in [0, 0.05) is 38.3 Å². The van der Waals surface area contributed by atoms with Crippen LogP contribution in [0, 0.1) is 6.92 Å². The van der Waals surface area contributed by atoms with E-state index in [-0.39, 0.29) is 0 Å². The summed E-state index contributed by atoms with van der Waals surface area (Å²) in [5, 5.41) is 0. The maximum Gasteiger partial charge on any atom is 0.292 e. The van der Waals surface area contributed by atoms with Gasteiger partial charge in [0.2, 0.25) is 0 Å². The van der Waals surface area contributed by atoms with Gasteiger partial charge in [-0.25, -0.2) is 13.5 Å². The molecule has 1 atom stereocenters. The largest absolute Gasteiger partial charge is 0.494 e. The van der Waals surface area contributed by atoms with Crippen molar-refractivity contribution in [3.05, 3.63) is 71.9 Å². The molecule has 1 saturated heterocycles. The molecule has 6 nitrogen and oxygen atoms in total. The summed E-state index contributed by atoms with van der Waals surface area (Å²) in [6, 6.07) is 16.4. The second-order valence-corrected chi connectivity index (χ2v) is 8.89. The van der Waals surface area contributed by atoms with Crippen LogP contribution in [0.25, 0.3) is 0 Å². The number of rotatable bonds is 7. The monoisotopic (exact) mass is 441 g/mol. The van der Waals surface area contributed by atoms with Crippen molar-refractivity contribution in [1.29, 1.82) is 0 Å². The fourth-order valence-electron chi connectivity index (χ4n) is 3.49. The van der Waals surface area contributed by atoms with Crippen LogP contribution in [0.3, 0.4) is 0 Å². The Bertz CT molecular complexity index is 935. The topological polar surface area (TPSA) is 54.4 Å². The molecule has 2 aromatic carbocycles. The highest BCUT2D eigenvalue weighted by Gasteiger charge is 2.24. The maximum absolute atomic E-state index is 12.9. The van der Waals surface area contributed by atoms with E-state index in [1.807, 2.05) is 41.6 Å². The molecule has 0 N–H and O–H groups in total. The molecular formula is C24H31N3O3S. The second-order valence-electron chi connectivity index (χ2n) is 7.40. The zero-order valence-corrected chi connectivity index (χ0v) is 19.4. The van der Waals surface area contributed by atoms with Crippen molar-refractivity contribution in [1.82, 2.24) is 9.21 Å². The first-order chi connectivity index (χ1) is 15.0. The van der Waals surface area contributed by atoms with Crippen molar-refractivity contribution in [3.8, 4) is 5.75 Å². The minimum absolute atomic E-state index is 0.559. The van der Waals surface area contributed by atoms with Crippen molar-refractivity contribution in [2.45, 2.75) is 25.2 Å². The first-order valence-corrected chi connectivity index (χ1v) is 11.6. The first-order valence-electron chi connectivity index (χ1n) is 10.5. The van der Waals surface area contributed by atoms with Crippen LogP contribution in [0.1, 0.15) is 18.1 Å². The van der Waals surface area contributed by atoms with Crippen LogP contribution in [0.4, 0.5) is 0 Å². The highest BCUT2D eigenvalue weighted by Crippen LogP contribution is 2.19. The summed E-state index contributed by atoms with van der Waals surface area (Å²) >= 11 is 0. The SMILES string of the molecule is C=C(Cc1cccc(C)c1)N=C(OC)N1CCN(S(=O)c2ccc(OCC)cc2)CC1. The Morgan fingerprint density at radius 1 is 1.13 bits per heavy atom. The smallest absolute Gasteiger partial charge is 0.292 e. The van der Waals surface area contributed by atoms with Gasteiger partial charge in [-0.3, -0.25) is 0 Å². The molecule has 2 aromatic rings. The zero-order chi connectivity index (χ0) is 22.2. The summed E-state index contributed by atoms with van der Waals surface area (Å²) in [6.07, 6.45) is 0.677. The molecule has 1 fully saturated rings. The van der Waals surface area contributed by atoms with Crippen LogP contribution in [0.5, 0.6) is 5.75 Å². The molecular weight excluding hydrogens is 410 g/mol. The van der Waals surface area contributed by atoms with Gasteiger partial charge in [-0.15, -0.1) is 0 Å². The number of hydrogen-bond acceptors (Lipinski definition) is 4. The number of piperazine rings is 1. The molecule has 166 valence electrons. The van der Waals surface area contributed by atoms with Gasteiger partial charge >= 0.3 is 0 Å². The Morgan fingerprint density at radius 3 is 2.45 bits per heavy atom. The van der Waals surface area contributed by atoms with E-state index in [0.717, 1.165) is 16.3 Å². The lowest BCUT2D eigenvalue weighted by Gasteiger charge is -2.34. The third-order valence-corrected chi connectivity index (χ3v) is 6.52. The van der Waals surface area contributed by atoms with Crippen molar-refractivity contribution < 1.29 is 13.7 Å². The molecule has 0 bridgehead atoms. The average molecular weight is 442 g/mol. The zero-order valence-electron chi connectivity index (χ0n) is 18.5. The van der Waals surface area contributed by atoms with E-state index in [1.54, 1.807) is 7.11 Å². The van der Waals surface area contributed by atoms with Crippen LogP contribution in [0.15, 0.2) is 70.7 Å². The average Bonchev–Trinajstić information content (AvgIpc) is 2.78. The maximum atomic E-state index is 12.9. The Balaban J connectivity index is 1.57. The number of amidine groups is 1. The first kappa shape index (κ1) is 23.0. The Hall–Kier alpha value is -2.64. The van der Waals surface area contributed by atoms with Gasteiger partial charge in [-0.2, -0.15) is 0 Å². The van der Waals surface area contributed by atoms with E-state index in [2.05, 4.69) is 41.6 Å². The molecule has 0 amide bonds. The summed E-state index contributed by atoms with van der Waals surface area (Å²) in [5.41, 5.74) is 3.15. The van der Waals surface area contributed by atoms with Gasteiger partial charge in [0.1, 0.15) is 16.7 Å². The highest BCUT2D eigenvalue weighted by molar-refractivity contribution is 7.82. The number of aryl methyl sites for hydroxylation is 1. The van der Waals surface area contributed by atoms with Crippen LogP contribution < -0.4 is 4.74 Å². The van der Waals surface area contributed by atoms with Crippen molar-refractivity contribution in [2.75, 3.05) is 39.9 Å². The summed E-state index contributed by atoms with van der Waals surface area (Å²) in [6.45, 7) is 11.4. The number of allylic oxidation sites excluding steroid dienone is 1. The van der Waals surface area contributed by atoms with Crippen molar-refractivity contribution in [3.63, 3.8) is 0 Å². The molecule has 1 aliphatic rings. The van der Waals surface area contributed by atoms with Gasteiger partial charge in [-0.1, -0.05) is 36.4 Å². The lowest BCUT2D eigenvalue weighted by molar-refractivity contribution is 0.220. The van der Waals surface area contributed by atoms with E-state index < -0.39 is 11.0 Å². The molecule has 0 radical (unpaired) electrons. The number of benzene rings is 2. The third kappa shape index (κ3) is 6.42. The third-order valence-electron chi connectivity index (χ3n) is 5.01. The number of nitrogens with zero attached hydrogens (tertiary/aromatic N) is 3. The second kappa shape index (κ2) is 11.1. The standard InChI is InChI=1S/C24H31N3O3S/c1-5-30-22-9-11-23(12-10-22)31(28)27-15-13-26(14-16-27)24(29-4)25-20(3)18-21-8-6-7-19(2)17-21/h6-12,17H,3,5,13-16,18H2,1-2,4H3. The van der Waals surface area contributed by atoms with Gasteiger partial charge in [-0.05, 0) is 43.7 Å².